The number of nitrogens with one attached hydrogen (secondary N) is 1. The van der Waals surface area contributed by atoms with Crippen LogP contribution in [0.1, 0.15) is 48.5 Å². The summed E-state index contributed by atoms with van der Waals surface area (Å²) in [5.74, 6) is 0.613. The van der Waals surface area contributed by atoms with E-state index >= 15 is 0 Å². The van der Waals surface area contributed by atoms with Gasteiger partial charge in [0, 0.05) is 31.3 Å². The molecule has 28 heavy (non-hydrogen) atoms. The first-order valence-corrected chi connectivity index (χ1v) is 8.96. The van der Waals surface area contributed by atoms with Gasteiger partial charge in [-0.2, -0.15) is 5.26 Å². The van der Waals surface area contributed by atoms with Crippen molar-refractivity contribution in [3.8, 4) is 11.8 Å². The fraction of sp³-hybridized carbons (Fsp3) is 0.190. The van der Waals surface area contributed by atoms with E-state index < -0.39 is 0 Å². The van der Waals surface area contributed by atoms with Crippen LogP contribution in [0.15, 0.2) is 49.1 Å². The molecule has 1 atom stereocenters. The van der Waals surface area contributed by atoms with Crippen LogP contribution < -0.4 is 10.5 Å². The van der Waals surface area contributed by atoms with Crippen molar-refractivity contribution >= 4 is 11.4 Å². The summed E-state index contributed by atoms with van der Waals surface area (Å²) < 4.78 is 6.20. The molecule has 1 aromatic carbocycles. The Balaban J connectivity index is 0.00000240. The standard InChI is InChI=1S/C21H18N6O.H2/c22-10-13-8-14-2-1-3-19(21(14)27-11-13)28-15-4-5-17(23)16(9-15)20(24)18-12-25-6-7-26-18;/h4-9,11-12,19,24H,1-3,23H2;1H/t19-;/m1./s1. The van der Waals surface area contributed by atoms with Crippen molar-refractivity contribution in [2.75, 3.05) is 5.73 Å². The topological polar surface area (TPSA) is 122 Å². The molecule has 7 heteroatoms. The van der Waals surface area contributed by atoms with Gasteiger partial charge < -0.3 is 10.5 Å². The second-order valence-electron chi connectivity index (χ2n) is 6.59. The lowest BCUT2D eigenvalue weighted by atomic mass is 9.92. The van der Waals surface area contributed by atoms with Crippen LogP contribution in [0, 0.1) is 16.7 Å². The minimum Gasteiger partial charge on any atom is -0.484 e. The SMILES string of the molecule is N#Cc1cnc2c(c1)CCC[C@H]2Oc1ccc(N)c(C(=N)c2cnccn2)c1.[HH]. The summed E-state index contributed by atoms with van der Waals surface area (Å²) in [7, 11) is 0. The van der Waals surface area contributed by atoms with Crippen molar-refractivity contribution in [1.82, 2.24) is 15.0 Å². The summed E-state index contributed by atoms with van der Waals surface area (Å²) in [4.78, 5) is 12.6. The van der Waals surface area contributed by atoms with E-state index in [2.05, 4.69) is 21.0 Å². The third-order valence-corrected chi connectivity index (χ3v) is 4.74. The number of benzene rings is 1. The molecule has 7 nitrogen and oxygen atoms in total. The molecule has 0 saturated carbocycles. The summed E-state index contributed by atoms with van der Waals surface area (Å²) >= 11 is 0. The highest BCUT2D eigenvalue weighted by molar-refractivity contribution is 6.12. The number of nitrogens with zero attached hydrogens (tertiary/aromatic N) is 4. The van der Waals surface area contributed by atoms with Crippen molar-refractivity contribution in [2.45, 2.75) is 25.4 Å². The Morgan fingerprint density at radius 1 is 1.25 bits per heavy atom. The van der Waals surface area contributed by atoms with Gasteiger partial charge >= 0.3 is 0 Å². The molecule has 4 rings (SSSR count). The maximum atomic E-state index is 9.08. The first-order valence-electron chi connectivity index (χ1n) is 8.96. The molecule has 0 amide bonds. The van der Waals surface area contributed by atoms with E-state index in [0.717, 1.165) is 30.5 Å². The molecular formula is C21H20N6O. The molecule has 0 aliphatic heterocycles. The van der Waals surface area contributed by atoms with Gasteiger partial charge in [0.25, 0.3) is 0 Å². The van der Waals surface area contributed by atoms with Gasteiger partial charge in [0.1, 0.15) is 23.6 Å². The van der Waals surface area contributed by atoms with Crippen molar-refractivity contribution in [1.29, 1.82) is 10.7 Å². The maximum Gasteiger partial charge on any atom is 0.141 e. The van der Waals surface area contributed by atoms with Gasteiger partial charge in [-0.1, -0.05) is 0 Å². The van der Waals surface area contributed by atoms with Gasteiger partial charge in [-0.05, 0) is 49.1 Å². The normalized spacial score (nSPS) is 15.3. The van der Waals surface area contributed by atoms with Crippen molar-refractivity contribution in [2.24, 2.45) is 0 Å². The highest BCUT2D eigenvalue weighted by Crippen LogP contribution is 2.33. The van der Waals surface area contributed by atoms with Gasteiger partial charge in [-0.15, -0.1) is 0 Å². The number of nitriles is 1. The van der Waals surface area contributed by atoms with Crippen LogP contribution in [0.2, 0.25) is 0 Å². The Hall–Kier alpha value is -3.79. The number of hydrogen-bond acceptors (Lipinski definition) is 7. The molecule has 0 unspecified atom stereocenters. The van der Waals surface area contributed by atoms with Crippen LogP contribution in [-0.4, -0.2) is 20.7 Å². The number of aryl methyl sites for hydroxylation is 1. The lowest BCUT2D eigenvalue weighted by Gasteiger charge is -2.25. The van der Waals surface area contributed by atoms with Crippen LogP contribution >= 0.6 is 0 Å². The van der Waals surface area contributed by atoms with Crippen LogP contribution in [0.4, 0.5) is 5.69 Å². The number of nitrogen functional groups attached to an aromatic ring is 1. The van der Waals surface area contributed by atoms with E-state index in [1.807, 2.05) is 6.07 Å². The lowest BCUT2D eigenvalue weighted by Crippen LogP contribution is -2.17. The van der Waals surface area contributed by atoms with Gasteiger partial charge in [0.15, 0.2) is 0 Å². The fourth-order valence-corrected chi connectivity index (χ4v) is 3.36. The Bertz CT molecular complexity index is 1080. The maximum absolute atomic E-state index is 9.08. The summed E-state index contributed by atoms with van der Waals surface area (Å²) in [6, 6.07) is 9.29. The highest BCUT2D eigenvalue weighted by Gasteiger charge is 2.24. The number of hydrogen-bond donors (Lipinski definition) is 2. The summed E-state index contributed by atoms with van der Waals surface area (Å²) in [6.45, 7) is 0. The molecule has 1 aliphatic rings. The van der Waals surface area contributed by atoms with Gasteiger partial charge in [0.05, 0.1) is 23.2 Å². The second kappa shape index (κ2) is 7.45. The zero-order valence-electron chi connectivity index (χ0n) is 15.1. The van der Waals surface area contributed by atoms with E-state index in [-0.39, 0.29) is 13.2 Å². The monoisotopic (exact) mass is 372 g/mol. The zero-order valence-corrected chi connectivity index (χ0v) is 15.1. The largest absolute Gasteiger partial charge is 0.484 e. The number of ether oxygens (including phenoxy) is 1. The van der Waals surface area contributed by atoms with E-state index in [0.29, 0.717) is 28.3 Å². The van der Waals surface area contributed by atoms with Crippen molar-refractivity contribution < 1.29 is 6.16 Å². The number of rotatable bonds is 4. The van der Waals surface area contributed by atoms with Crippen LogP contribution in [0.25, 0.3) is 0 Å². The average molecular weight is 372 g/mol. The molecule has 3 aromatic rings. The molecule has 0 spiro atoms. The number of nitrogens with two attached hydrogens (primary N) is 1. The Labute approximate surface area is 163 Å². The summed E-state index contributed by atoms with van der Waals surface area (Å²) in [5, 5.41) is 17.5. The van der Waals surface area contributed by atoms with Crippen LogP contribution in [-0.2, 0) is 6.42 Å². The van der Waals surface area contributed by atoms with Crippen LogP contribution in [0.3, 0.4) is 0 Å². The molecule has 1 aliphatic carbocycles. The quantitative estimate of drug-likeness (QED) is 0.534. The predicted octanol–water partition coefficient (Wildman–Crippen LogP) is 3.44. The number of aromatic nitrogens is 3. The lowest BCUT2D eigenvalue weighted by molar-refractivity contribution is 0.178. The fourth-order valence-electron chi connectivity index (χ4n) is 3.36. The number of pyridine rings is 1. The van der Waals surface area contributed by atoms with Crippen molar-refractivity contribution in [3.05, 3.63) is 77.1 Å². The van der Waals surface area contributed by atoms with Crippen LogP contribution in [0.5, 0.6) is 5.75 Å². The van der Waals surface area contributed by atoms with Gasteiger partial charge in [-0.3, -0.25) is 20.4 Å². The Morgan fingerprint density at radius 3 is 2.93 bits per heavy atom. The third kappa shape index (κ3) is 3.40. The van der Waals surface area contributed by atoms with E-state index in [1.54, 1.807) is 36.8 Å². The van der Waals surface area contributed by atoms with Gasteiger partial charge in [0.2, 0.25) is 0 Å². The molecule has 3 N–H and O–H groups in total. The smallest absolute Gasteiger partial charge is 0.141 e. The molecule has 0 bridgehead atoms. The molecule has 0 fully saturated rings. The first kappa shape index (κ1) is 17.6. The summed E-state index contributed by atoms with van der Waals surface area (Å²) in [5.41, 5.74) is 10.2. The molecule has 140 valence electrons. The molecule has 2 heterocycles. The Kier molecular flexibility index (Phi) is 4.68. The number of anilines is 1. The molecular weight excluding hydrogens is 352 g/mol. The number of fused-ring (bicyclic) bond motifs is 1. The second-order valence-corrected chi connectivity index (χ2v) is 6.59. The first-order chi connectivity index (χ1) is 13.7. The Morgan fingerprint density at radius 2 is 2.14 bits per heavy atom. The van der Waals surface area contributed by atoms with Gasteiger partial charge in [-0.25, -0.2) is 0 Å². The van der Waals surface area contributed by atoms with E-state index in [4.69, 9.17) is 21.1 Å². The molecule has 0 radical (unpaired) electrons. The summed E-state index contributed by atoms with van der Waals surface area (Å²) in [6.07, 6.45) is 8.72. The van der Waals surface area contributed by atoms with E-state index in [9.17, 15) is 0 Å². The highest BCUT2D eigenvalue weighted by atomic mass is 16.5. The third-order valence-electron chi connectivity index (χ3n) is 4.74. The molecule has 2 aromatic heterocycles. The molecule has 0 saturated heterocycles. The average Bonchev–Trinajstić information content (AvgIpc) is 2.75. The minimum absolute atomic E-state index is 0. The minimum atomic E-state index is -0.196. The van der Waals surface area contributed by atoms with E-state index in [1.165, 1.54) is 6.20 Å². The van der Waals surface area contributed by atoms with Crippen molar-refractivity contribution in [3.63, 3.8) is 0 Å². The predicted molar refractivity (Wildman–Crippen MR) is 106 cm³/mol. The zero-order chi connectivity index (χ0) is 19.5.